The van der Waals surface area contributed by atoms with Crippen LogP contribution in [0.2, 0.25) is 0 Å². The van der Waals surface area contributed by atoms with Crippen molar-refractivity contribution in [3.05, 3.63) is 59.3 Å². The van der Waals surface area contributed by atoms with Crippen LogP contribution in [0.15, 0.2) is 47.4 Å². The number of amides is 1. The number of hydrogen-bond donors (Lipinski definition) is 1. The Hall–Kier alpha value is -2.27. The summed E-state index contributed by atoms with van der Waals surface area (Å²) in [6, 6.07) is 12.8. The first-order valence-electron chi connectivity index (χ1n) is 9.39. The Balaban J connectivity index is 1.74. The fraction of sp³-hybridized carbons (Fsp3) is 0.364. The summed E-state index contributed by atoms with van der Waals surface area (Å²) in [4.78, 5) is 17.7. The number of pyridine rings is 1. The van der Waals surface area contributed by atoms with Crippen molar-refractivity contribution in [2.45, 2.75) is 42.5 Å². The van der Waals surface area contributed by atoms with Gasteiger partial charge in [-0.25, -0.2) is 4.98 Å². The van der Waals surface area contributed by atoms with E-state index in [0.29, 0.717) is 12.3 Å². The molecule has 1 aromatic carbocycles. The van der Waals surface area contributed by atoms with E-state index >= 15 is 0 Å². The van der Waals surface area contributed by atoms with Gasteiger partial charge in [0, 0.05) is 28.5 Å². The van der Waals surface area contributed by atoms with Crippen LogP contribution in [0.1, 0.15) is 48.4 Å². The minimum atomic E-state index is 0.0450. The highest BCUT2D eigenvalue weighted by molar-refractivity contribution is 7.98. The van der Waals surface area contributed by atoms with Crippen molar-refractivity contribution in [1.82, 2.24) is 10.3 Å². The number of benzene rings is 1. The van der Waals surface area contributed by atoms with Gasteiger partial charge in [0.2, 0.25) is 11.8 Å². The van der Waals surface area contributed by atoms with Crippen molar-refractivity contribution >= 4 is 23.2 Å². The van der Waals surface area contributed by atoms with Crippen molar-refractivity contribution in [1.29, 1.82) is 0 Å². The Morgan fingerprint density at radius 1 is 1.19 bits per heavy atom. The molecule has 1 atom stereocenters. The molecule has 2 heterocycles. The zero-order chi connectivity index (χ0) is 18.8. The smallest absolute Gasteiger partial charge is 0.220 e. The minimum Gasteiger partial charge on any atom is -0.481 e. The normalized spacial score (nSPS) is 19.9. The van der Waals surface area contributed by atoms with E-state index in [0.717, 1.165) is 29.1 Å². The molecule has 1 amide bonds. The molecular weight excluding hydrogens is 356 g/mol. The van der Waals surface area contributed by atoms with Crippen LogP contribution in [0.4, 0.5) is 0 Å². The van der Waals surface area contributed by atoms with E-state index in [2.05, 4.69) is 54.0 Å². The molecule has 1 aromatic heterocycles. The van der Waals surface area contributed by atoms with Crippen LogP contribution < -0.4 is 10.1 Å². The lowest BCUT2D eigenvalue weighted by Crippen LogP contribution is -2.23. The van der Waals surface area contributed by atoms with Crippen molar-refractivity contribution in [2.75, 3.05) is 13.4 Å². The average Bonchev–Trinajstić information content (AvgIpc) is 3.47. The van der Waals surface area contributed by atoms with Crippen molar-refractivity contribution in [2.24, 2.45) is 0 Å². The summed E-state index contributed by atoms with van der Waals surface area (Å²) >= 11 is 1.72. The summed E-state index contributed by atoms with van der Waals surface area (Å²) in [5.41, 5.74) is 4.22. The molecule has 2 aliphatic rings. The number of methoxy groups -OCH3 is 1. The van der Waals surface area contributed by atoms with Crippen molar-refractivity contribution in [3.63, 3.8) is 0 Å². The molecule has 1 aliphatic carbocycles. The number of hydrogen-bond acceptors (Lipinski definition) is 4. The maximum Gasteiger partial charge on any atom is 0.220 e. The number of carbonyl (C=O) groups is 1. The summed E-state index contributed by atoms with van der Waals surface area (Å²) in [6.07, 6.45) is 8.04. The SMILES string of the molecule is COc1nc(/C(=C/[C@H]2CCC(=O)N2)c2ccc(SC)cc2)ccc1C1CC1. The van der Waals surface area contributed by atoms with Crippen molar-refractivity contribution in [3.8, 4) is 5.88 Å². The molecule has 4 rings (SSSR count). The molecular formula is C22H24N2O2S. The van der Waals surface area contributed by atoms with Gasteiger partial charge in [-0.15, -0.1) is 11.8 Å². The zero-order valence-electron chi connectivity index (χ0n) is 15.7. The summed E-state index contributed by atoms with van der Waals surface area (Å²) in [7, 11) is 1.69. The second kappa shape index (κ2) is 7.77. The molecule has 4 nitrogen and oxygen atoms in total. The van der Waals surface area contributed by atoms with Gasteiger partial charge >= 0.3 is 0 Å². The number of aromatic nitrogens is 1. The summed E-state index contributed by atoms with van der Waals surface area (Å²) in [5, 5.41) is 3.04. The first-order chi connectivity index (χ1) is 13.2. The molecule has 1 N–H and O–H groups in total. The third-order valence-electron chi connectivity index (χ3n) is 5.17. The number of nitrogens with zero attached hydrogens (tertiary/aromatic N) is 1. The second-order valence-corrected chi connectivity index (χ2v) is 7.97. The van der Waals surface area contributed by atoms with E-state index in [1.165, 1.54) is 23.3 Å². The highest BCUT2D eigenvalue weighted by Gasteiger charge is 2.28. The number of rotatable bonds is 6. The van der Waals surface area contributed by atoms with Crippen LogP contribution in [0.5, 0.6) is 5.88 Å². The maximum atomic E-state index is 11.6. The molecule has 0 unspecified atom stereocenters. The summed E-state index contributed by atoms with van der Waals surface area (Å²) in [6.45, 7) is 0. The van der Waals surface area contributed by atoms with Gasteiger partial charge in [-0.05, 0) is 55.2 Å². The van der Waals surface area contributed by atoms with Gasteiger partial charge in [-0.3, -0.25) is 4.79 Å². The van der Waals surface area contributed by atoms with E-state index in [4.69, 9.17) is 9.72 Å². The lowest BCUT2D eigenvalue weighted by Gasteiger charge is -2.14. The number of ether oxygens (including phenoxy) is 1. The van der Waals surface area contributed by atoms with Crippen LogP contribution in [-0.4, -0.2) is 30.3 Å². The maximum absolute atomic E-state index is 11.6. The minimum absolute atomic E-state index is 0.0450. The molecule has 0 spiro atoms. The lowest BCUT2D eigenvalue weighted by molar-refractivity contribution is -0.119. The molecule has 2 aromatic rings. The van der Waals surface area contributed by atoms with Crippen molar-refractivity contribution < 1.29 is 9.53 Å². The van der Waals surface area contributed by atoms with Gasteiger partial charge in [0.25, 0.3) is 0 Å². The van der Waals surface area contributed by atoms with E-state index < -0.39 is 0 Å². The van der Waals surface area contributed by atoms with Gasteiger partial charge in [-0.2, -0.15) is 0 Å². The Bertz CT molecular complexity index is 872. The predicted octanol–water partition coefficient (Wildman–Crippen LogP) is 4.40. The van der Waals surface area contributed by atoms with E-state index in [1.54, 1.807) is 18.9 Å². The van der Waals surface area contributed by atoms with E-state index in [-0.39, 0.29) is 11.9 Å². The molecule has 0 bridgehead atoms. The van der Waals surface area contributed by atoms with Gasteiger partial charge in [-0.1, -0.05) is 24.3 Å². The molecule has 27 heavy (non-hydrogen) atoms. The fourth-order valence-electron chi connectivity index (χ4n) is 3.53. The number of nitrogens with one attached hydrogen (secondary N) is 1. The molecule has 2 fully saturated rings. The van der Waals surface area contributed by atoms with Gasteiger partial charge in [0.1, 0.15) is 0 Å². The highest BCUT2D eigenvalue weighted by atomic mass is 32.2. The molecule has 0 radical (unpaired) electrons. The van der Waals surface area contributed by atoms with E-state index in [1.807, 2.05) is 0 Å². The number of carbonyl (C=O) groups excluding carboxylic acids is 1. The Morgan fingerprint density at radius 3 is 2.56 bits per heavy atom. The van der Waals surface area contributed by atoms with Crippen LogP contribution in [0.3, 0.4) is 0 Å². The van der Waals surface area contributed by atoms with Crippen LogP contribution in [0.25, 0.3) is 5.57 Å². The quantitative estimate of drug-likeness (QED) is 0.755. The lowest BCUT2D eigenvalue weighted by atomic mass is 9.98. The Labute approximate surface area is 164 Å². The zero-order valence-corrected chi connectivity index (χ0v) is 16.5. The van der Waals surface area contributed by atoms with Gasteiger partial charge < -0.3 is 10.1 Å². The fourth-order valence-corrected chi connectivity index (χ4v) is 3.94. The third-order valence-corrected chi connectivity index (χ3v) is 5.92. The predicted molar refractivity (Wildman–Crippen MR) is 109 cm³/mol. The first-order valence-corrected chi connectivity index (χ1v) is 10.6. The third kappa shape index (κ3) is 4.03. The molecule has 1 saturated heterocycles. The molecule has 1 aliphatic heterocycles. The average molecular weight is 381 g/mol. The Morgan fingerprint density at radius 2 is 1.96 bits per heavy atom. The summed E-state index contributed by atoms with van der Waals surface area (Å²) < 4.78 is 5.59. The molecule has 5 heteroatoms. The standard InChI is InChI=1S/C22H24N2O2S/c1-26-22-18(14-3-4-14)10-11-20(24-22)19(13-16-7-12-21(25)23-16)15-5-8-17(27-2)9-6-15/h5-6,8-11,13-14,16H,3-4,7,12H2,1-2H3,(H,23,25)/b19-13+/t16-/m1/s1. The second-order valence-electron chi connectivity index (χ2n) is 7.09. The Kier molecular flexibility index (Phi) is 5.21. The largest absolute Gasteiger partial charge is 0.481 e. The van der Waals surface area contributed by atoms with Crippen LogP contribution in [0, 0.1) is 0 Å². The highest BCUT2D eigenvalue weighted by Crippen LogP contribution is 2.44. The van der Waals surface area contributed by atoms with E-state index in [9.17, 15) is 4.79 Å². The van der Waals surface area contributed by atoms with Crippen LogP contribution >= 0.6 is 11.8 Å². The first kappa shape index (κ1) is 18.1. The van der Waals surface area contributed by atoms with Gasteiger partial charge in [0.15, 0.2) is 0 Å². The summed E-state index contributed by atoms with van der Waals surface area (Å²) in [5.74, 6) is 1.42. The molecule has 1 saturated carbocycles. The monoisotopic (exact) mass is 380 g/mol. The number of thioether (sulfide) groups is 1. The van der Waals surface area contributed by atoms with Crippen LogP contribution in [-0.2, 0) is 4.79 Å². The molecule has 140 valence electrons. The topological polar surface area (TPSA) is 51.2 Å². The van der Waals surface area contributed by atoms with Gasteiger partial charge in [0.05, 0.1) is 12.8 Å².